The van der Waals surface area contributed by atoms with Crippen LogP contribution in [0.5, 0.6) is 5.88 Å². The second kappa shape index (κ2) is 7.54. The van der Waals surface area contributed by atoms with E-state index in [2.05, 4.69) is 18.8 Å². The lowest BCUT2D eigenvalue weighted by Crippen LogP contribution is -2.13. The van der Waals surface area contributed by atoms with Crippen molar-refractivity contribution in [2.75, 3.05) is 12.3 Å². The Kier molecular flexibility index (Phi) is 5.99. The molecular formula is C14H21N3O. The van der Waals surface area contributed by atoms with Crippen molar-refractivity contribution in [1.82, 2.24) is 4.98 Å². The Morgan fingerprint density at radius 1 is 1.50 bits per heavy atom. The fourth-order valence-electron chi connectivity index (χ4n) is 1.75. The molecule has 0 aliphatic carbocycles. The lowest BCUT2D eigenvalue weighted by molar-refractivity contribution is 0.227. The molecule has 0 bridgehead atoms. The van der Waals surface area contributed by atoms with Gasteiger partial charge in [0.25, 0.3) is 0 Å². The van der Waals surface area contributed by atoms with Crippen molar-refractivity contribution in [1.29, 1.82) is 5.26 Å². The number of nitrogen functional groups attached to an aromatic ring is 1. The van der Waals surface area contributed by atoms with E-state index in [1.165, 1.54) is 25.5 Å². The normalized spacial score (nSPS) is 11.8. The molecule has 0 aliphatic heterocycles. The Morgan fingerprint density at radius 2 is 2.28 bits per heavy atom. The summed E-state index contributed by atoms with van der Waals surface area (Å²) < 4.78 is 5.64. The first-order chi connectivity index (χ1) is 8.71. The molecule has 0 aliphatic rings. The van der Waals surface area contributed by atoms with Crippen molar-refractivity contribution in [3.63, 3.8) is 0 Å². The maximum atomic E-state index is 8.72. The summed E-state index contributed by atoms with van der Waals surface area (Å²) in [5, 5.41) is 8.72. The maximum Gasteiger partial charge on any atom is 0.237 e. The topological polar surface area (TPSA) is 71.9 Å². The summed E-state index contributed by atoms with van der Waals surface area (Å²) in [6, 6.07) is 3.59. The van der Waals surface area contributed by atoms with E-state index in [1.54, 1.807) is 6.07 Å². The second-order valence-electron chi connectivity index (χ2n) is 4.46. The third kappa shape index (κ3) is 4.25. The predicted octanol–water partition coefficient (Wildman–Crippen LogP) is 3.13. The van der Waals surface area contributed by atoms with E-state index in [0.717, 1.165) is 6.42 Å². The van der Waals surface area contributed by atoms with Gasteiger partial charge in [0.1, 0.15) is 6.07 Å². The number of hydrogen-bond acceptors (Lipinski definition) is 4. The molecule has 1 aromatic rings. The number of ether oxygens (including phenoxy) is 1. The highest BCUT2D eigenvalue weighted by atomic mass is 16.5. The Balaban J connectivity index is 2.54. The fraction of sp³-hybridized carbons (Fsp3) is 0.571. The zero-order valence-electron chi connectivity index (χ0n) is 11.1. The fourth-order valence-corrected chi connectivity index (χ4v) is 1.75. The van der Waals surface area contributed by atoms with Crippen molar-refractivity contribution in [2.24, 2.45) is 5.92 Å². The Bertz CT molecular complexity index is 412. The van der Waals surface area contributed by atoms with Crippen LogP contribution in [0.25, 0.3) is 0 Å². The molecule has 0 radical (unpaired) electrons. The first-order valence-electron chi connectivity index (χ1n) is 6.49. The zero-order chi connectivity index (χ0) is 13.4. The lowest BCUT2D eigenvalue weighted by Gasteiger charge is -2.15. The molecule has 0 saturated carbocycles. The highest BCUT2D eigenvalue weighted by molar-refractivity contribution is 5.51. The van der Waals surface area contributed by atoms with Gasteiger partial charge in [0, 0.05) is 6.20 Å². The Hall–Kier alpha value is -1.76. The van der Waals surface area contributed by atoms with Gasteiger partial charge in [-0.2, -0.15) is 5.26 Å². The average molecular weight is 247 g/mol. The summed E-state index contributed by atoms with van der Waals surface area (Å²) in [6.07, 6.45) is 6.17. The molecule has 0 amide bonds. The smallest absolute Gasteiger partial charge is 0.237 e. The van der Waals surface area contributed by atoms with Gasteiger partial charge in [-0.05, 0) is 18.4 Å². The summed E-state index contributed by atoms with van der Waals surface area (Å²) in [5.74, 6) is 0.978. The summed E-state index contributed by atoms with van der Waals surface area (Å²) in [4.78, 5) is 4.07. The number of unbranched alkanes of at least 4 members (excludes halogenated alkanes) is 1. The van der Waals surface area contributed by atoms with Crippen molar-refractivity contribution < 1.29 is 4.74 Å². The van der Waals surface area contributed by atoms with Crippen LogP contribution in [0.3, 0.4) is 0 Å². The van der Waals surface area contributed by atoms with Crippen molar-refractivity contribution in [3.8, 4) is 11.9 Å². The molecule has 1 aromatic heterocycles. The number of nitrogens with two attached hydrogens (primary N) is 1. The minimum Gasteiger partial charge on any atom is -0.476 e. The van der Waals surface area contributed by atoms with E-state index < -0.39 is 0 Å². The largest absolute Gasteiger partial charge is 0.476 e. The van der Waals surface area contributed by atoms with Gasteiger partial charge in [0.15, 0.2) is 0 Å². The molecule has 4 heteroatoms. The van der Waals surface area contributed by atoms with Crippen LogP contribution in [0, 0.1) is 17.2 Å². The molecule has 98 valence electrons. The van der Waals surface area contributed by atoms with E-state index >= 15 is 0 Å². The van der Waals surface area contributed by atoms with Gasteiger partial charge in [0.2, 0.25) is 5.88 Å². The predicted molar refractivity (Wildman–Crippen MR) is 72.2 cm³/mol. The highest BCUT2D eigenvalue weighted by Gasteiger charge is 2.09. The monoisotopic (exact) mass is 247 g/mol. The van der Waals surface area contributed by atoms with E-state index in [-0.39, 0.29) is 0 Å². The Labute approximate surface area is 109 Å². The SMILES string of the molecule is CCCCC(CC)COc1ncc(C#N)cc1N. The van der Waals surface area contributed by atoms with Crippen LogP contribution < -0.4 is 10.5 Å². The summed E-state index contributed by atoms with van der Waals surface area (Å²) >= 11 is 0. The van der Waals surface area contributed by atoms with E-state index in [0.29, 0.717) is 29.7 Å². The molecule has 1 unspecified atom stereocenters. The summed E-state index contributed by atoms with van der Waals surface area (Å²) in [6.45, 7) is 4.99. The molecule has 0 aromatic carbocycles. The molecule has 2 N–H and O–H groups in total. The van der Waals surface area contributed by atoms with E-state index in [4.69, 9.17) is 15.7 Å². The standard InChI is InChI=1S/C14H21N3O/c1-3-5-6-11(4-2)10-18-14-13(16)7-12(8-15)9-17-14/h7,9,11H,3-6,10,16H2,1-2H3. The van der Waals surface area contributed by atoms with Gasteiger partial charge >= 0.3 is 0 Å². The van der Waals surface area contributed by atoms with Crippen molar-refractivity contribution in [2.45, 2.75) is 39.5 Å². The average Bonchev–Trinajstić information content (AvgIpc) is 2.40. The van der Waals surface area contributed by atoms with Crippen LogP contribution in [0.2, 0.25) is 0 Å². The van der Waals surface area contributed by atoms with E-state index in [1.807, 2.05) is 6.07 Å². The molecule has 1 atom stereocenters. The van der Waals surface area contributed by atoms with Crippen LogP contribution in [0.4, 0.5) is 5.69 Å². The summed E-state index contributed by atoms with van der Waals surface area (Å²) in [5.41, 5.74) is 6.67. The number of rotatable bonds is 7. The highest BCUT2D eigenvalue weighted by Crippen LogP contribution is 2.21. The van der Waals surface area contributed by atoms with E-state index in [9.17, 15) is 0 Å². The molecule has 4 nitrogen and oxygen atoms in total. The minimum absolute atomic E-state index is 0.430. The molecule has 18 heavy (non-hydrogen) atoms. The van der Waals surface area contributed by atoms with Crippen LogP contribution in [-0.2, 0) is 0 Å². The molecule has 0 spiro atoms. The number of anilines is 1. The number of nitriles is 1. The maximum absolute atomic E-state index is 8.72. The van der Waals surface area contributed by atoms with Gasteiger partial charge in [0.05, 0.1) is 17.9 Å². The lowest BCUT2D eigenvalue weighted by atomic mass is 10.0. The first-order valence-corrected chi connectivity index (χ1v) is 6.49. The quantitative estimate of drug-likeness (QED) is 0.803. The number of pyridine rings is 1. The van der Waals surface area contributed by atoms with Crippen LogP contribution in [0.15, 0.2) is 12.3 Å². The zero-order valence-corrected chi connectivity index (χ0v) is 11.1. The second-order valence-corrected chi connectivity index (χ2v) is 4.46. The van der Waals surface area contributed by atoms with Gasteiger partial charge in [-0.1, -0.05) is 33.1 Å². The first kappa shape index (κ1) is 14.3. The number of hydrogen-bond donors (Lipinski definition) is 1. The molecule has 0 saturated heterocycles. The molecular weight excluding hydrogens is 226 g/mol. The molecule has 0 fully saturated rings. The number of aromatic nitrogens is 1. The van der Waals surface area contributed by atoms with Crippen LogP contribution in [-0.4, -0.2) is 11.6 Å². The molecule has 1 heterocycles. The van der Waals surface area contributed by atoms with Crippen LogP contribution >= 0.6 is 0 Å². The van der Waals surface area contributed by atoms with Crippen molar-refractivity contribution >= 4 is 5.69 Å². The van der Waals surface area contributed by atoms with Crippen LogP contribution in [0.1, 0.15) is 45.1 Å². The third-order valence-electron chi connectivity index (χ3n) is 3.01. The van der Waals surface area contributed by atoms with Crippen molar-refractivity contribution in [3.05, 3.63) is 17.8 Å². The van der Waals surface area contributed by atoms with Gasteiger partial charge in [-0.3, -0.25) is 0 Å². The van der Waals surface area contributed by atoms with Gasteiger partial charge in [-0.15, -0.1) is 0 Å². The minimum atomic E-state index is 0.430. The van der Waals surface area contributed by atoms with Gasteiger partial charge in [-0.25, -0.2) is 4.98 Å². The summed E-state index contributed by atoms with van der Waals surface area (Å²) in [7, 11) is 0. The Morgan fingerprint density at radius 3 is 2.83 bits per heavy atom. The number of nitrogens with zero attached hydrogens (tertiary/aromatic N) is 2. The molecule has 1 rings (SSSR count). The van der Waals surface area contributed by atoms with Gasteiger partial charge < -0.3 is 10.5 Å². The third-order valence-corrected chi connectivity index (χ3v) is 3.01.